The number of ether oxygens (including phenoxy) is 1. The number of nitrogens with zero attached hydrogens (tertiary/aromatic N) is 1. The fourth-order valence-electron chi connectivity index (χ4n) is 3.25. The Morgan fingerprint density at radius 1 is 1.23 bits per heavy atom. The number of carbonyl (C=O) groups is 1. The first-order valence-electron chi connectivity index (χ1n) is 7.67. The minimum absolute atomic E-state index is 0.106. The van der Waals surface area contributed by atoms with Gasteiger partial charge in [0.15, 0.2) is 0 Å². The second kappa shape index (κ2) is 6.22. The number of hydrogen-bond acceptors (Lipinski definition) is 2. The van der Waals surface area contributed by atoms with Crippen molar-refractivity contribution in [3.63, 3.8) is 0 Å². The maximum Gasteiger partial charge on any atom is 0.219 e. The molecule has 0 saturated heterocycles. The van der Waals surface area contributed by atoms with Crippen LogP contribution in [0.2, 0.25) is 0 Å². The lowest BCUT2D eigenvalue weighted by molar-refractivity contribution is -0.131. The highest BCUT2D eigenvalue weighted by atomic mass is 16.5. The van der Waals surface area contributed by atoms with E-state index >= 15 is 0 Å². The molecule has 0 radical (unpaired) electrons. The molecule has 1 amide bonds. The zero-order chi connectivity index (χ0) is 15.5. The molecule has 1 heterocycles. The predicted octanol–water partition coefficient (Wildman–Crippen LogP) is 3.38. The van der Waals surface area contributed by atoms with Gasteiger partial charge in [0.1, 0.15) is 5.75 Å². The molecule has 114 valence electrons. The van der Waals surface area contributed by atoms with Gasteiger partial charge in [-0.15, -0.1) is 0 Å². The zero-order valence-corrected chi connectivity index (χ0v) is 13.1. The number of hydrogen-bond donors (Lipinski definition) is 0. The highest BCUT2D eigenvalue weighted by molar-refractivity contribution is 5.74. The molecule has 0 bridgehead atoms. The lowest BCUT2D eigenvalue weighted by Crippen LogP contribution is -2.39. The molecule has 1 unspecified atom stereocenters. The van der Waals surface area contributed by atoms with Crippen molar-refractivity contribution in [3.8, 4) is 5.75 Å². The van der Waals surface area contributed by atoms with Gasteiger partial charge in [-0.05, 0) is 41.7 Å². The topological polar surface area (TPSA) is 29.5 Å². The number of fused-ring (bicyclic) bond motifs is 1. The van der Waals surface area contributed by atoms with Gasteiger partial charge in [0.2, 0.25) is 5.91 Å². The summed E-state index contributed by atoms with van der Waals surface area (Å²) < 4.78 is 5.33. The average molecular weight is 295 g/mol. The summed E-state index contributed by atoms with van der Waals surface area (Å²) in [7, 11) is 1.69. The summed E-state index contributed by atoms with van der Waals surface area (Å²) in [6.45, 7) is 2.43. The first-order valence-corrected chi connectivity index (χ1v) is 7.67. The van der Waals surface area contributed by atoms with Crippen LogP contribution in [0.1, 0.15) is 29.7 Å². The first kappa shape index (κ1) is 14.6. The zero-order valence-electron chi connectivity index (χ0n) is 13.1. The lowest BCUT2D eigenvalue weighted by Gasteiger charge is -2.37. The molecule has 2 aromatic carbocycles. The van der Waals surface area contributed by atoms with E-state index in [2.05, 4.69) is 24.3 Å². The van der Waals surface area contributed by atoms with Crippen LogP contribution in [0.25, 0.3) is 0 Å². The molecule has 3 nitrogen and oxygen atoms in total. The van der Waals surface area contributed by atoms with Crippen molar-refractivity contribution in [2.45, 2.75) is 25.8 Å². The van der Waals surface area contributed by atoms with Crippen LogP contribution < -0.4 is 4.74 Å². The Morgan fingerprint density at radius 3 is 2.68 bits per heavy atom. The molecule has 0 saturated carbocycles. The SMILES string of the molecule is COc1ccc2c(c1)CCN(C(C)=O)C2Cc1ccccc1. The number of benzene rings is 2. The summed E-state index contributed by atoms with van der Waals surface area (Å²) in [4.78, 5) is 14.0. The highest BCUT2D eigenvalue weighted by Crippen LogP contribution is 2.34. The molecular weight excluding hydrogens is 274 g/mol. The molecule has 0 aromatic heterocycles. The molecule has 0 spiro atoms. The molecule has 1 aliphatic heterocycles. The van der Waals surface area contributed by atoms with E-state index in [4.69, 9.17) is 4.74 Å². The van der Waals surface area contributed by atoms with E-state index in [1.54, 1.807) is 14.0 Å². The minimum Gasteiger partial charge on any atom is -0.497 e. The van der Waals surface area contributed by atoms with Crippen LogP contribution >= 0.6 is 0 Å². The lowest BCUT2D eigenvalue weighted by atomic mass is 9.88. The fraction of sp³-hybridized carbons (Fsp3) is 0.316. The van der Waals surface area contributed by atoms with Gasteiger partial charge >= 0.3 is 0 Å². The van der Waals surface area contributed by atoms with E-state index in [1.165, 1.54) is 16.7 Å². The van der Waals surface area contributed by atoms with E-state index in [-0.39, 0.29) is 11.9 Å². The van der Waals surface area contributed by atoms with Crippen molar-refractivity contribution in [1.82, 2.24) is 4.90 Å². The molecular formula is C19H21NO2. The van der Waals surface area contributed by atoms with E-state index < -0.39 is 0 Å². The fourth-order valence-corrected chi connectivity index (χ4v) is 3.25. The number of carbonyl (C=O) groups excluding carboxylic acids is 1. The van der Waals surface area contributed by atoms with Crippen LogP contribution in [0.15, 0.2) is 48.5 Å². The predicted molar refractivity (Wildman–Crippen MR) is 87.0 cm³/mol. The van der Waals surface area contributed by atoms with Gasteiger partial charge < -0.3 is 9.64 Å². The maximum absolute atomic E-state index is 12.0. The van der Waals surface area contributed by atoms with Gasteiger partial charge in [0, 0.05) is 13.5 Å². The number of amides is 1. The van der Waals surface area contributed by atoms with Gasteiger partial charge in [-0.1, -0.05) is 36.4 Å². The molecule has 0 N–H and O–H groups in total. The Hall–Kier alpha value is -2.29. The summed E-state index contributed by atoms with van der Waals surface area (Å²) in [6.07, 6.45) is 1.73. The second-order valence-corrected chi connectivity index (χ2v) is 5.73. The monoisotopic (exact) mass is 295 g/mol. The van der Waals surface area contributed by atoms with Gasteiger partial charge in [-0.3, -0.25) is 4.79 Å². The normalized spacial score (nSPS) is 17.0. The third kappa shape index (κ3) is 2.84. The Kier molecular flexibility index (Phi) is 4.14. The Labute approximate surface area is 131 Å². The Balaban J connectivity index is 1.97. The molecule has 3 rings (SSSR count). The van der Waals surface area contributed by atoms with E-state index in [0.717, 1.165) is 25.1 Å². The second-order valence-electron chi connectivity index (χ2n) is 5.73. The van der Waals surface area contributed by atoms with Crippen LogP contribution in [-0.4, -0.2) is 24.5 Å². The average Bonchev–Trinajstić information content (AvgIpc) is 2.55. The smallest absolute Gasteiger partial charge is 0.219 e. The van der Waals surface area contributed by atoms with Crippen molar-refractivity contribution in [2.75, 3.05) is 13.7 Å². The van der Waals surface area contributed by atoms with E-state index in [9.17, 15) is 4.79 Å². The van der Waals surface area contributed by atoms with Gasteiger partial charge in [0.05, 0.1) is 13.2 Å². The van der Waals surface area contributed by atoms with Gasteiger partial charge in [-0.25, -0.2) is 0 Å². The Morgan fingerprint density at radius 2 is 2.00 bits per heavy atom. The summed E-state index contributed by atoms with van der Waals surface area (Å²) in [5, 5.41) is 0. The maximum atomic E-state index is 12.0. The molecule has 0 aliphatic carbocycles. The highest BCUT2D eigenvalue weighted by Gasteiger charge is 2.29. The van der Waals surface area contributed by atoms with Crippen LogP contribution in [0.4, 0.5) is 0 Å². The van der Waals surface area contributed by atoms with Crippen molar-refractivity contribution >= 4 is 5.91 Å². The van der Waals surface area contributed by atoms with Gasteiger partial charge in [0.25, 0.3) is 0 Å². The first-order chi connectivity index (χ1) is 10.7. The van der Waals surface area contributed by atoms with Crippen molar-refractivity contribution in [3.05, 3.63) is 65.2 Å². The molecule has 0 fully saturated rings. The van der Waals surface area contributed by atoms with Crippen molar-refractivity contribution < 1.29 is 9.53 Å². The molecule has 1 aliphatic rings. The summed E-state index contributed by atoms with van der Waals surface area (Å²) >= 11 is 0. The summed E-state index contributed by atoms with van der Waals surface area (Å²) in [6, 6.07) is 16.7. The third-order valence-electron chi connectivity index (χ3n) is 4.38. The molecule has 22 heavy (non-hydrogen) atoms. The summed E-state index contributed by atoms with van der Waals surface area (Å²) in [5.74, 6) is 1.02. The van der Waals surface area contributed by atoms with Crippen LogP contribution in [0.5, 0.6) is 5.75 Å². The van der Waals surface area contributed by atoms with E-state index in [1.807, 2.05) is 29.2 Å². The number of methoxy groups -OCH3 is 1. The quantitative estimate of drug-likeness (QED) is 0.868. The third-order valence-corrected chi connectivity index (χ3v) is 4.38. The molecule has 1 atom stereocenters. The number of rotatable bonds is 3. The largest absolute Gasteiger partial charge is 0.497 e. The minimum atomic E-state index is 0.106. The van der Waals surface area contributed by atoms with Crippen LogP contribution in [0.3, 0.4) is 0 Å². The van der Waals surface area contributed by atoms with Gasteiger partial charge in [-0.2, -0.15) is 0 Å². The summed E-state index contributed by atoms with van der Waals surface area (Å²) in [5.41, 5.74) is 3.78. The Bertz CT molecular complexity index is 666. The molecule has 2 aromatic rings. The molecule has 3 heteroatoms. The van der Waals surface area contributed by atoms with E-state index in [0.29, 0.717) is 0 Å². The van der Waals surface area contributed by atoms with Crippen molar-refractivity contribution in [1.29, 1.82) is 0 Å². The van der Waals surface area contributed by atoms with Crippen LogP contribution in [0, 0.1) is 0 Å². The standard InChI is InChI=1S/C19H21NO2/c1-14(21)20-11-10-16-13-17(22-2)8-9-18(16)19(20)12-15-6-4-3-5-7-15/h3-9,13,19H,10-12H2,1-2H3. The van der Waals surface area contributed by atoms with Crippen molar-refractivity contribution in [2.24, 2.45) is 0 Å². The van der Waals surface area contributed by atoms with Crippen LogP contribution in [-0.2, 0) is 17.6 Å².